The number of fused-ring (bicyclic) bond motifs is 1. The number of carboxylic acid groups (broad SMARTS) is 1. The summed E-state index contributed by atoms with van der Waals surface area (Å²) in [6, 6.07) is 0.507. The molecule has 2 saturated heterocycles. The summed E-state index contributed by atoms with van der Waals surface area (Å²) in [5.41, 5.74) is 0. The molecule has 2 amide bonds. The highest BCUT2D eigenvalue weighted by Crippen LogP contribution is 2.23. The largest absolute Gasteiger partial charge is 0.481 e. The molecule has 0 bridgehead atoms. The van der Waals surface area contributed by atoms with Gasteiger partial charge in [0.2, 0.25) is 0 Å². The van der Waals surface area contributed by atoms with Gasteiger partial charge in [0.1, 0.15) is 0 Å². The first-order valence-corrected chi connectivity index (χ1v) is 7.16. The van der Waals surface area contributed by atoms with E-state index in [1.807, 2.05) is 4.90 Å². The van der Waals surface area contributed by atoms with E-state index in [9.17, 15) is 9.59 Å². The highest BCUT2D eigenvalue weighted by molar-refractivity contribution is 5.77. The van der Waals surface area contributed by atoms with Gasteiger partial charge in [-0.2, -0.15) is 0 Å². The lowest BCUT2D eigenvalue weighted by Crippen LogP contribution is -2.49. The fourth-order valence-corrected chi connectivity index (χ4v) is 2.87. The van der Waals surface area contributed by atoms with E-state index in [1.165, 1.54) is 6.42 Å². The summed E-state index contributed by atoms with van der Waals surface area (Å²) in [6.45, 7) is 3.55. The first-order valence-electron chi connectivity index (χ1n) is 7.16. The van der Waals surface area contributed by atoms with E-state index in [2.05, 4.69) is 10.6 Å². The molecule has 3 N–H and O–H groups in total. The van der Waals surface area contributed by atoms with Gasteiger partial charge >= 0.3 is 12.0 Å². The molecule has 1 atom stereocenters. The fraction of sp³-hybridized carbons (Fsp3) is 0.846. The predicted molar refractivity (Wildman–Crippen MR) is 71.0 cm³/mol. The zero-order chi connectivity index (χ0) is 13.7. The molecule has 108 valence electrons. The first kappa shape index (κ1) is 14.1. The van der Waals surface area contributed by atoms with E-state index < -0.39 is 5.97 Å². The zero-order valence-electron chi connectivity index (χ0n) is 11.2. The van der Waals surface area contributed by atoms with Gasteiger partial charge in [0.25, 0.3) is 0 Å². The number of carboxylic acids is 1. The van der Waals surface area contributed by atoms with Crippen molar-refractivity contribution in [3.8, 4) is 0 Å². The quantitative estimate of drug-likeness (QED) is 0.652. The Labute approximate surface area is 113 Å². The van der Waals surface area contributed by atoms with Gasteiger partial charge in [0.05, 0.1) is 12.0 Å². The first-order chi connectivity index (χ1) is 9.18. The maximum absolute atomic E-state index is 11.0. The molecule has 0 unspecified atom stereocenters. The molecular weight excluding hydrogens is 246 g/mol. The number of nitrogens with zero attached hydrogens (tertiary/aromatic N) is 1. The number of nitrogens with one attached hydrogen (secondary N) is 2. The summed E-state index contributed by atoms with van der Waals surface area (Å²) in [5.74, 6) is -0.631. The Morgan fingerprint density at radius 3 is 2.53 bits per heavy atom. The molecule has 3 fully saturated rings. The third-order valence-corrected chi connectivity index (χ3v) is 4.05. The molecule has 2 heterocycles. The van der Waals surface area contributed by atoms with Crippen LogP contribution in [0.25, 0.3) is 0 Å². The van der Waals surface area contributed by atoms with Crippen LogP contribution < -0.4 is 10.6 Å². The molecule has 2 aliphatic heterocycles. The molecule has 0 radical (unpaired) electrons. The standard InChI is InChI=1S/C7H12O2.C6H11N3O/c8-7(9)6-4-2-1-3-5-6;10-6-8-4-5-3-7-1-2-9(5)6/h6H,1-5H2,(H,8,9);5,7H,1-4H2,(H,8,10)/t;5-/m.0/s1. The van der Waals surface area contributed by atoms with Crippen molar-refractivity contribution in [2.24, 2.45) is 5.92 Å². The van der Waals surface area contributed by atoms with E-state index in [1.54, 1.807) is 0 Å². The summed E-state index contributed by atoms with van der Waals surface area (Å²) in [7, 11) is 0. The van der Waals surface area contributed by atoms with E-state index in [0.717, 1.165) is 51.9 Å². The van der Waals surface area contributed by atoms with Gasteiger partial charge in [-0.25, -0.2) is 4.79 Å². The molecule has 0 aromatic heterocycles. The smallest absolute Gasteiger partial charge is 0.317 e. The minimum absolute atomic E-state index is 0.0289. The second-order valence-corrected chi connectivity index (χ2v) is 5.41. The number of carbonyl (C=O) groups is 2. The minimum atomic E-state index is -0.602. The molecular formula is C13H23N3O3. The number of amides is 2. The summed E-state index contributed by atoms with van der Waals surface area (Å²) in [6.07, 6.45) is 5.24. The van der Waals surface area contributed by atoms with Gasteiger partial charge in [-0.3, -0.25) is 4.79 Å². The van der Waals surface area contributed by atoms with Crippen molar-refractivity contribution >= 4 is 12.0 Å². The molecule has 3 aliphatic rings. The van der Waals surface area contributed by atoms with Crippen molar-refractivity contribution in [1.29, 1.82) is 0 Å². The molecule has 3 rings (SSSR count). The van der Waals surface area contributed by atoms with Crippen LogP contribution in [0.4, 0.5) is 4.79 Å². The number of hydrogen-bond donors (Lipinski definition) is 3. The van der Waals surface area contributed by atoms with Crippen molar-refractivity contribution in [2.45, 2.75) is 38.1 Å². The van der Waals surface area contributed by atoms with Crippen molar-refractivity contribution in [1.82, 2.24) is 15.5 Å². The Morgan fingerprint density at radius 2 is 1.95 bits per heavy atom. The predicted octanol–water partition coefficient (Wildman–Crippen LogP) is 0.635. The summed E-state index contributed by atoms with van der Waals surface area (Å²) in [4.78, 5) is 23.2. The van der Waals surface area contributed by atoms with E-state index in [-0.39, 0.29) is 11.9 Å². The topological polar surface area (TPSA) is 81.7 Å². The Hall–Kier alpha value is -1.30. The number of rotatable bonds is 1. The molecule has 6 nitrogen and oxygen atoms in total. The van der Waals surface area contributed by atoms with E-state index in [0.29, 0.717) is 6.04 Å². The van der Waals surface area contributed by atoms with Crippen LogP contribution in [0.1, 0.15) is 32.1 Å². The molecule has 0 aromatic carbocycles. The van der Waals surface area contributed by atoms with Gasteiger partial charge in [-0.1, -0.05) is 19.3 Å². The Bertz CT molecular complexity index is 329. The van der Waals surface area contributed by atoms with Gasteiger partial charge in [0, 0.05) is 26.2 Å². The lowest BCUT2D eigenvalue weighted by molar-refractivity contribution is -0.142. The molecule has 1 saturated carbocycles. The molecule has 0 aromatic rings. The van der Waals surface area contributed by atoms with Crippen LogP contribution in [0, 0.1) is 5.92 Å². The monoisotopic (exact) mass is 269 g/mol. The van der Waals surface area contributed by atoms with Crippen LogP contribution in [-0.2, 0) is 4.79 Å². The maximum atomic E-state index is 11.0. The average molecular weight is 269 g/mol. The normalized spacial score (nSPS) is 27.1. The molecule has 19 heavy (non-hydrogen) atoms. The zero-order valence-corrected chi connectivity index (χ0v) is 11.2. The number of carbonyl (C=O) groups excluding carboxylic acids is 1. The summed E-state index contributed by atoms with van der Waals surface area (Å²) < 4.78 is 0. The highest BCUT2D eigenvalue weighted by Gasteiger charge is 2.31. The molecule has 6 heteroatoms. The van der Waals surface area contributed by atoms with Crippen molar-refractivity contribution in [2.75, 3.05) is 26.2 Å². The second-order valence-electron chi connectivity index (χ2n) is 5.41. The lowest BCUT2D eigenvalue weighted by atomic mass is 9.90. The van der Waals surface area contributed by atoms with Gasteiger partial charge in [-0.05, 0) is 12.8 Å². The number of urea groups is 1. The van der Waals surface area contributed by atoms with Crippen LogP contribution in [0.15, 0.2) is 0 Å². The molecule has 0 spiro atoms. The van der Waals surface area contributed by atoms with Crippen LogP contribution in [-0.4, -0.2) is 54.2 Å². The van der Waals surface area contributed by atoms with Crippen LogP contribution in [0.3, 0.4) is 0 Å². The van der Waals surface area contributed by atoms with Gasteiger partial charge in [0.15, 0.2) is 0 Å². The number of piperazine rings is 1. The van der Waals surface area contributed by atoms with Crippen LogP contribution in [0.5, 0.6) is 0 Å². The summed E-state index contributed by atoms with van der Waals surface area (Å²) in [5, 5.41) is 14.6. The lowest BCUT2D eigenvalue weighted by Gasteiger charge is -2.28. The highest BCUT2D eigenvalue weighted by atomic mass is 16.4. The van der Waals surface area contributed by atoms with Crippen molar-refractivity contribution in [3.05, 3.63) is 0 Å². The molecule has 1 aliphatic carbocycles. The Balaban J connectivity index is 0.000000141. The third-order valence-electron chi connectivity index (χ3n) is 4.05. The van der Waals surface area contributed by atoms with Gasteiger partial charge < -0.3 is 20.6 Å². The van der Waals surface area contributed by atoms with E-state index in [4.69, 9.17) is 5.11 Å². The minimum Gasteiger partial charge on any atom is -0.481 e. The SMILES string of the molecule is O=C(O)C1CCCCC1.O=C1NC[C@@H]2CNCCN12. The van der Waals surface area contributed by atoms with Crippen molar-refractivity contribution < 1.29 is 14.7 Å². The number of hydrogen-bond acceptors (Lipinski definition) is 3. The van der Waals surface area contributed by atoms with Crippen molar-refractivity contribution in [3.63, 3.8) is 0 Å². The van der Waals surface area contributed by atoms with Crippen LogP contribution in [0.2, 0.25) is 0 Å². The summed E-state index contributed by atoms with van der Waals surface area (Å²) >= 11 is 0. The number of aliphatic carboxylic acids is 1. The average Bonchev–Trinajstić information content (AvgIpc) is 2.83. The van der Waals surface area contributed by atoms with Crippen LogP contribution >= 0.6 is 0 Å². The Morgan fingerprint density at radius 1 is 1.21 bits per heavy atom. The maximum Gasteiger partial charge on any atom is 0.317 e. The second kappa shape index (κ2) is 6.75. The van der Waals surface area contributed by atoms with Gasteiger partial charge in [-0.15, -0.1) is 0 Å². The van der Waals surface area contributed by atoms with E-state index >= 15 is 0 Å². The fourth-order valence-electron chi connectivity index (χ4n) is 2.87. The third kappa shape index (κ3) is 3.83. The Kier molecular flexibility index (Phi) is 5.01.